The van der Waals surface area contributed by atoms with Crippen molar-refractivity contribution in [2.45, 2.75) is 26.3 Å². The first kappa shape index (κ1) is 21.9. The molecule has 0 amide bonds. The summed E-state index contributed by atoms with van der Waals surface area (Å²) < 4.78 is 1.96. The number of rotatable bonds is 7. The van der Waals surface area contributed by atoms with Gasteiger partial charge in [0.25, 0.3) is 0 Å². The molecule has 0 saturated heterocycles. The quantitative estimate of drug-likeness (QED) is 0.230. The van der Waals surface area contributed by atoms with Gasteiger partial charge in [-0.1, -0.05) is 36.4 Å². The van der Waals surface area contributed by atoms with E-state index in [0.29, 0.717) is 6.54 Å². The van der Waals surface area contributed by atoms with Crippen LogP contribution < -0.4 is 10.6 Å². The molecule has 0 saturated carbocycles. The third kappa shape index (κ3) is 6.33. The first-order valence-corrected chi connectivity index (χ1v) is 9.20. The molecule has 7 heteroatoms. The minimum atomic E-state index is 0. The molecule has 0 unspecified atom stereocenters. The molecule has 0 bridgehead atoms. The van der Waals surface area contributed by atoms with E-state index in [4.69, 9.17) is 0 Å². The van der Waals surface area contributed by atoms with Gasteiger partial charge in [0.2, 0.25) is 0 Å². The van der Waals surface area contributed by atoms with Gasteiger partial charge >= 0.3 is 0 Å². The molecule has 3 rings (SSSR count). The van der Waals surface area contributed by atoms with E-state index in [0.717, 1.165) is 42.6 Å². The van der Waals surface area contributed by atoms with Gasteiger partial charge in [0.05, 0.1) is 0 Å². The van der Waals surface area contributed by atoms with Crippen LogP contribution in [0.4, 0.5) is 0 Å². The second-order valence-corrected chi connectivity index (χ2v) is 6.31. The Kier molecular flexibility index (Phi) is 8.93. The molecule has 0 fully saturated rings. The highest BCUT2D eigenvalue weighted by Gasteiger charge is 2.03. The SMILES string of the molecule is CN=C(NCCCc1ccccc1)NCc1ccc(-n2ccnc2C)nc1.I. The number of halogens is 1. The summed E-state index contributed by atoms with van der Waals surface area (Å²) in [5.74, 6) is 2.60. The Bertz CT molecular complexity index is 858. The second-order valence-electron chi connectivity index (χ2n) is 6.31. The summed E-state index contributed by atoms with van der Waals surface area (Å²) in [5, 5.41) is 6.69. The van der Waals surface area contributed by atoms with Gasteiger partial charge in [-0.2, -0.15) is 0 Å². The summed E-state index contributed by atoms with van der Waals surface area (Å²) in [7, 11) is 1.79. The zero-order valence-electron chi connectivity index (χ0n) is 16.3. The number of aliphatic imine (C=N–C) groups is 1. The smallest absolute Gasteiger partial charge is 0.191 e. The van der Waals surface area contributed by atoms with Crippen LogP contribution in [0.25, 0.3) is 5.82 Å². The molecule has 0 aliphatic carbocycles. The van der Waals surface area contributed by atoms with Crippen molar-refractivity contribution in [2.75, 3.05) is 13.6 Å². The number of nitrogens with one attached hydrogen (secondary N) is 2. The van der Waals surface area contributed by atoms with Crippen molar-refractivity contribution < 1.29 is 0 Å². The summed E-state index contributed by atoms with van der Waals surface area (Å²) in [6.45, 7) is 3.52. The number of hydrogen-bond acceptors (Lipinski definition) is 3. The number of aromatic nitrogens is 3. The maximum Gasteiger partial charge on any atom is 0.191 e. The number of imidazole rings is 1. The molecule has 3 aromatic rings. The minimum absolute atomic E-state index is 0. The molecule has 2 aromatic heterocycles. The number of benzene rings is 1. The highest BCUT2D eigenvalue weighted by Crippen LogP contribution is 2.08. The molecular formula is C21H27IN6. The lowest BCUT2D eigenvalue weighted by Gasteiger charge is -2.12. The van der Waals surface area contributed by atoms with Crippen LogP contribution in [0.15, 0.2) is 66.0 Å². The van der Waals surface area contributed by atoms with Crippen molar-refractivity contribution in [3.63, 3.8) is 0 Å². The van der Waals surface area contributed by atoms with Gasteiger partial charge in [-0.25, -0.2) is 9.97 Å². The number of pyridine rings is 1. The molecular weight excluding hydrogens is 463 g/mol. The highest BCUT2D eigenvalue weighted by atomic mass is 127. The van der Waals surface area contributed by atoms with Gasteiger partial charge in [0, 0.05) is 38.7 Å². The molecule has 0 atom stereocenters. The van der Waals surface area contributed by atoms with Crippen LogP contribution in [0, 0.1) is 6.92 Å². The zero-order valence-corrected chi connectivity index (χ0v) is 18.6. The van der Waals surface area contributed by atoms with E-state index >= 15 is 0 Å². The van der Waals surface area contributed by atoms with Gasteiger partial charge in [-0.15, -0.1) is 24.0 Å². The Labute approximate surface area is 183 Å². The Morgan fingerprint density at radius 2 is 1.86 bits per heavy atom. The summed E-state index contributed by atoms with van der Waals surface area (Å²) in [5.41, 5.74) is 2.46. The van der Waals surface area contributed by atoms with Gasteiger partial charge in [0.15, 0.2) is 5.96 Å². The topological polar surface area (TPSA) is 67.1 Å². The van der Waals surface area contributed by atoms with E-state index in [-0.39, 0.29) is 24.0 Å². The van der Waals surface area contributed by atoms with Crippen LogP contribution in [-0.2, 0) is 13.0 Å². The van der Waals surface area contributed by atoms with Gasteiger partial charge in [-0.05, 0) is 37.0 Å². The third-order valence-electron chi connectivity index (χ3n) is 4.34. The number of nitrogens with zero attached hydrogens (tertiary/aromatic N) is 4. The Hall–Kier alpha value is -2.42. The van der Waals surface area contributed by atoms with E-state index in [1.54, 1.807) is 13.2 Å². The van der Waals surface area contributed by atoms with Gasteiger partial charge in [0.1, 0.15) is 11.6 Å². The summed E-state index contributed by atoms with van der Waals surface area (Å²) in [6.07, 6.45) is 7.69. The van der Waals surface area contributed by atoms with Crippen LogP contribution in [0.1, 0.15) is 23.4 Å². The first-order chi connectivity index (χ1) is 13.3. The molecule has 2 heterocycles. The minimum Gasteiger partial charge on any atom is -0.356 e. The van der Waals surface area contributed by atoms with Crippen LogP contribution in [0.5, 0.6) is 0 Å². The zero-order chi connectivity index (χ0) is 18.9. The number of hydrogen-bond donors (Lipinski definition) is 2. The first-order valence-electron chi connectivity index (χ1n) is 9.20. The lowest BCUT2D eigenvalue weighted by Crippen LogP contribution is -2.37. The molecule has 28 heavy (non-hydrogen) atoms. The van der Waals surface area contributed by atoms with E-state index in [1.165, 1.54) is 5.56 Å². The Morgan fingerprint density at radius 1 is 1.04 bits per heavy atom. The summed E-state index contributed by atoms with van der Waals surface area (Å²) in [6, 6.07) is 14.6. The lowest BCUT2D eigenvalue weighted by atomic mass is 10.1. The lowest BCUT2D eigenvalue weighted by molar-refractivity contribution is 0.741. The van der Waals surface area contributed by atoms with E-state index < -0.39 is 0 Å². The normalized spacial score (nSPS) is 11.0. The summed E-state index contributed by atoms with van der Waals surface area (Å²) >= 11 is 0. The molecule has 0 aliphatic heterocycles. The monoisotopic (exact) mass is 490 g/mol. The third-order valence-corrected chi connectivity index (χ3v) is 4.34. The maximum atomic E-state index is 4.52. The van der Waals surface area contributed by atoms with Crippen molar-refractivity contribution in [3.8, 4) is 5.82 Å². The van der Waals surface area contributed by atoms with Crippen molar-refractivity contribution >= 4 is 29.9 Å². The predicted molar refractivity (Wildman–Crippen MR) is 124 cm³/mol. The van der Waals surface area contributed by atoms with Crippen molar-refractivity contribution in [1.82, 2.24) is 25.2 Å². The average Bonchev–Trinajstić information content (AvgIpc) is 3.14. The molecule has 148 valence electrons. The van der Waals surface area contributed by atoms with Crippen LogP contribution >= 0.6 is 24.0 Å². The Balaban J connectivity index is 0.00000280. The van der Waals surface area contributed by atoms with Crippen LogP contribution in [-0.4, -0.2) is 34.1 Å². The summed E-state index contributed by atoms with van der Waals surface area (Å²) in [4.78, 5) is 13.0. The van der Waals surface area contributed by atoms with Crippen molar-refractivity contribution in [1.29, 1.82) is 0 Å². The number of aryl methyl sites for hydroxylation is 2. The second kappa shape index (κ2) is 11.4. The van der Waals surface area contributed by atoms with Crippen molar-refractivity contribution in [2.24, 2.45) is 4.99 Å². The average molecular weight is 490 g/mol. The fourth-order valence-electron chi connectivity index (χ4n) is 2.83. The number of guanidine groups is 1. The fraction of sp³-hybridized carbons (Fsp3) is 0.286. The standard InChI is InChI=1S/C21H26N6.HI/c1-17-23-13-14-27(17)20-11-10-19(15-25-20)16-26-21(22-2)24-12-6-9-18-7-4-3-5-8-18;/h3-5,7-8,10-11,13-15H,6,9,12,16H2,1-2H3,(H2,22,24,26);1H. The van der Waals surface area contributed by atoms with E-state index in [2.05, 4.69) is 55.9 Å². The molecule has 0 spiro atoms. The predicted octanol–water partition coefficient (Wildman–Crippen LogP) is 3.49. The largest absolute Gasteiger partial charge is 0.356 e. The highest BCUT2D eigenvalue weighted by molar-refractivity contribution is 14.0. The molecule has 2 N–H and O–H groups in total. The van der Waals surface area contributed by atoms with Crippen molar-refractivity contribution in [3.05, 3.63) is 78.0 Å². The maximum absolute atomic E-state index is 4.52. The van der Waals surface area contributed by atoms with Gasteiger partial charge < -0.3 is 10.6 Å². The fourth-order valence-corrected chi connectivity index (χ4v) is 2.83. The van der Waals surface area contributed by atoms with Gasteiger partial charge in [-0.3, -0.25) is 9.56 Å². The van der Waals surface area contributed by atoms with Crippen LogP contribution in [0.2, 0.25) is 0 Å². The Morgan fingerprint density at radius 3 is 2.50 bits per heavy atom. The molecule has 6 nitrogen and oxygen atoms in total. The molecule has 0 radical (unpaired) electrons. The molecule has 1 aromatic carbocycles. The van der Waals surface area contributed by atoms with Crippen LogP contribution in [0.3, 0.4) is 0 Å². The molecule has 0 aliphatic rings. The van der Waals surface area contributed by atoms with E-state index in [9.17, 15) is 0 Å². The van der Waals surface area contributed by atoms with E-state index in [1.807, 2.05) is 36.0 Å².